The van der Waals surface area contributed by atoms with Crippen molar-refractivity contribution in [1.82, 2.24) is 0 Å². The molecule has 1 N–H and O–H groups in total. The molecule has 0 radical (unpaired) electrons. The molecule has 0 aromatic heterocycles. The van der Waals surface area contributed by atoms with Crippen molar-refractivity contribution < 1.29 is 19.9 Å². The summed E-state index contributed by atoms with van der Waals surface area (Å²) in [5.41, 5.74) is -3.47. The highest BCUT2D eigenvalue weighted by molar-refractivity contribution is 5.74. The van der Waals surface area contributed by atoms with Crippen LogP contribution < -0.4 is 0 Å². The largest absolute Gasteiger partial charge is 0.497 e. The standard InChI is InChI=1S/C9H9N3O7/c1-3-5-6(10(14)15)4(2)7(11(16)17)9(13)8(5)12(18)19/h13H,3H2,1-2H3. The zero-order valence-corrected chi connectivity index (χ0v) is 9.95. The summed E-state index contributed by atoms with van der Waals surface area (Å²) in [4.78, 5) is 29.5. The van der Waals surface area contributed by atoms with Gasteiger partial charge in [0, 0.05) is 0 Å². The summed E-state index contributed by atoms with van der Waals surface area (Å²) < 4.78 is 0. The molecule has 0 amide bonds. The van der Waals surface area contributed by atoms with Crippen molar-refractivity contribution in [2.45, 2.75) is 20.3 Å². The molecule has 0 saturated heterocycles. The van der Waals surface area contributed by atoms with Crippen LogP contribution in [0.15, 0.2) is 0 Å². The van der Waals surface area contributed by atoms with Gasteiger partial charge in [0.2, 0.25) is 0 Å². The Labute approximate surface area is 105 Å². The quantitative estimate of drug-likeness (QED) is 0.649. The first-order valence-electron chi connectivity index (χ1n) is 5.05. The first-order chi connectivity index (χ1) is 8.73. The van der Waals surface area contributed by atoms with Crippen LogP contribution in [0.2, 0.25) is 0 Å². The Balaban J connectivity index is 3.99. The Morgan fingerprint density at radius 1 is 0.947 bits per heavy atom. The summed E-state index contributed by atoms with van der Waals surface area (Å²) in [5, 5.41) is 42.2. The van der Waals surface area contributed by atoms with Crippen LogP contribution in [0, 0.1) is 37.3 Å². The first kappa shape index (κ1) is 14.3. The third-order valence-corrected chi connectivity index (χ3v) is 2.63. The van der Waals surface area contributed by atoms with Gasteiger partial charge in [-0.25, -0.2) is 0 Å². The fourth-order valence-electron chi connectivity index (χ4n) is 1.89. The second-order valence-corrected chi connectivity index (χ2v) is 3.62. The molecule has 0 aliphatic rings. The highest BCUT2D eigenvalue weighted by atomic mass is 16.6. The fourth-order valence-corrected chi connectivity index (χ4v) is 1.89. The lowest BCUT2D eigenvalue weighted by atomic mass is 10.0. The van der Waals surface area contributed by atoms with Crippen LogP contribution in [0.1, 0.15) is 18.1 Å². The molecule has 1 rings (SSSR count). The molecule has 0 heterocycles. The number of hydrogen-bond donors (Lipinski definition) is 1. The van der Waals surface area contributed by atoms with Crippen molar-refractivity contribution in [2.24, 2.45) is 0 Å². The number of aromatic hydroxyl groups is 1. The van der Waals surface area contributed by atoms with Gasteiger partial charge in [-0.2, -0.15) is 0 Å². The average molecular weight is 271 g/mol. The van der Waals surface area contributed by atoms with Crippen LogP contribution in [-0.2, 0) is 6.42 Å². The van der Waals surface area contributed by atoms with E-state index in [1.54, 1.807) is 0 Å². The minimum atomic E-state index is -1.16. The van der Waals surface area contributed by atoms with Gasteiger partial charge in [-0.3, -0.25) is 30.3 Å². The number of nitrogens with zero attached hydrogens (tertiary/aromatic N) is 3. The van der Waals surface area contributed by atoms with Gasteiger partial charge >= 0.3 is 11.4 Å². The van der Waals surface area contributed by atoms with E-state index in [0.29, 0.717) is 0 Å². The van der Waals surface area contributed by atoms with Gasteiger partial charge in [0.05, 0.1) is 14.8 Å². The maximum absolute atomic E-state index is 10.9. The summed E-state index contributed by atoms with van der Waals surface area (Å²) in [6.45, 7) is 2.49. The van der Waals surface area contributed by atoms with Gasteiger partial charge in [0.25, 0.3) is 11.4 Å². The monoisotopic (exact) mass is 271 g/mol. The van der Waals surface area contributed by atoms with Crippen LogP contribution in [0.3, 0.4) is 0 Å². The highest BCUT2D eigenvalue weighted by Crippen LogP contribution is 2.46. The number of hydrogen-bond acceptors (Lipinski definition) is 7. The van der Waals surface area contributed by atoms with Gasteiger partial charge in [0.1, 0.15) is 11.1 Å². The number of benzene rings is 1. The molecule has 19 heavy (non-hydrogen) atoms. The smallest absolute Gasteiger partial charge is 0.328 e. The van der Waals surface area contributed by atoms with Gasteiger partial charge < -0.3 is 5.11 Å². The summed E-state index contributed by atoms with van der Waals surface area (Å²) in [7, 11) is 0. The lowest BCUT2D eigenvalue weighted by Crippen LogP contribution is -2.06. The van der Waals surface area contributed by atoms with Gasteiger partial charge in [0.15, 0.2) is 0 Å². The van der Waals surface area contributed by atoms with Crippen LogP contribution in [0.25, 0.3) is 0 Å². The Morgan fingerprint density at radius 3 is 1.68 bits per heavy atom. The summed E-state index contributed by atoms with van der Waals surface area (Å²) in [5.74, 6) is -1.16. The van der Waals surface area contributed by atoms with E-state index in [9.17, 15) is 35.4 Å². The first-order valence-corrected chi connectivity index (χ1v) is 5.05. The number of rotatable bonds is 4. The van der Waals surface area contributed by atoms with E-state index in [1.807, 2.05) is 0 Å². The van der Waals surface area contributed by atoms with Crippen LogP contribution in [-0.4, -0.2) is 19.9 Å². The molecule has 0 atom stereocenters. The Morgan fingerprint density at radius 2 is 1.37 bits per heavy atom. The van der Waals surface area contributed by atoms with E-state index >= 15 is 0 Å². The topological polar surface area (TPSA) is 150 Å². The maximum atomic E-state index is 10.9. The average Bonchev–Trinajstić information content (AvgIpc) is 2.25. The van der Waals surface area contributed by atoms with Gasteiger partial charge in [-0.1, -0.05) is 6.92 Å². The number of phenols is 1. The SMILES string of the molecule is CCc1c([N+](=O)[O-])c(C)c([N+](=O)[O-])c(O)c1[N+](=O)[O-]. The molecule has 10 heteroatoms. The van der Waals surface area contributed by atoms with Crippen LogP contribution >= 0.6 is 0 Å². The lowest BCUT2D eigenvalue weighted by Gasteiger charge is -2.07. The van der Waals surface area contributed by atoms with E-state index in [1.165, 1.54) is 6.92 Å². The second kappa shape index (κ2) is 4.84. The third-order valence-electron chi connectivity index (χ3n) is 2.63. The zero-order valence-electron chi connectivity index (χ0n) is 9.95. The Hall–Kier alpha value is -2.78. The molecular formula is C9H9N3O7. The molecule has 1 aromatic rings. The maximum Gasteiger partial charge on any atom is 0.328 e. The molecule has 10 nitrogen and oxygen atoms in total. The minimum Gasteiger partial charge on any atom is -0.497 e. The molecule has 1 aromatic carbocycles. The van der Waals surface area contributed by atoms with Crippen molar-refractivity contribution >= 4 is 17.1 Å². The van der Waals surface area contributed by atoms with Gasteiger partial charge in [-0.05, 0) is 13.3 Å². The molecule has 0 spiro atoms. The molecule has 0 aliphatic heterocycles. The highest BCUT2D eigenvalue weighted by Gasteiger charge is 2.39. The summed E-state index contributed by atoms with van der Waals surface area (Å²) in [6.07, 6.45) is -0.112. The van der Waals surface area contributed by atoms with Crippen molar-refractivity contribution in [3.8, 4) is 5.75 Å². The van der Waals surface area contributed by atoms with Crippen molar-refractivity contribution in [1.29, 1.82) is 0 Å². The van der Waals surface area contributed by atoms with Crippen molar-refractivity contribution in [3.63, 3.8) is 0 Å². The van der Waals surface area contributed by atoms with Crippen LogP contribution in [0.4, 0.5) is 17.1 Å². The summed E-state index contributed by atoms with van der Waals surface area (Å²) >= 11 is 0. The predicted octanol–water partition coefficient (Wildman–Crippen LogP) is 1.99. The van der Waals surface area contributed by atoms with E-state index in [4.69, 9.17) is 0 Å². The molecular weight excluding hydrogens is 262 g/mol. The third kappa shape index (κ3) is 2.14. The molecule has 0 aliphatic carbocycles. The number of phenolic OH excluding ortho intramolecular Hbond substituents is 1. The Bertz CT molecular complexity index is 555. The Kier molecular flexibility index (Phi) is 3.64. The van der Waals surface area contributed by atoms with Gasteiger partial charge in [-0.15, -0.1) is 0 Å². The fraction of sp³-hybridized carbons (Fsp3) is 0.333. The second-order valence-electron chi connectivity index (χ2n) is 3.62. The molecule has 0 saturated carbocycles. The minimum absolute atomic E-state index is 0.112. The van der Waals surface area contributed by atoms with Crippen LogP contribution in [0.5, 0.6) is 5.75 Å². The lowest BCUT2D eigenvalue weighted by molar-refractivity contribution is -0.406. The normalized spacial score (nSPS) is 10.2. The number of nitro benzene ring substituents is 3. The molecule has 102 valence electrons. The zero-order chi connectivity index (χ0) is 14.9. The van der Waals surface area contributed by atoms with E-state index in [0.717, 1.165) is 6.92 Å². The molecule has 0 unspecified atom stereocenters. The molecule has 0 bridgehead atoms. The van der Waals surface area contributed by atoms with E-state index < -0.39 is 43.1 Å². The number of nitro groups is 3. The molecule has 0 fully saturated rings. The summed E-state index contributed by atoms with van der Waals surface area (Å²) in [6, 6.07) is 0. The van der Waals surface area contributed by atoms with Crippen molar-refractivity contribution in [3.05, 3.63) is 41.5 Å². The van der Waals surface area contributed by atoms with Crippen molar-refractivity contribution in [2.75, 3.05) is 0 Å². The predicted molar refractivity (Wildman–Crippen MR) is 62.2 cm³/mol. The van der Waals surface area contributed by atoms with E-state index in [2.05, 4.69) is 0 Å². The van der Waals surface area contributed by atoms with E-state index in [-0.39, 0.29) is 12.0 Å².